The zero-order valence-corrected chi connectivity index (χ0v) is 13.0. The molecule has 0 spiro atoms. The molecule has 3 rings (SSSR count). The number of nitrogens with two attached hydrogens (primary N) is 1. The minimum Gasteiger partial charge on any atom is -0.398 e. The summed E-state index contributed by atoms with van der Waals surface area (Å²) >= 11 is 6.06. The lowest BCUT2D eigenvalue weighted by Crippen LogP contribution is -2.51. The highest BCUT2D eigenvalue weighted by molar-refractivity contribution is 6.31. The molecule has 7 heteroatoms. The monoisotopic (exact) mass is 307 g/mol. The van der Waals surface area contributed by atoms with Gasteiger partial charge < -0.3 is 10.5 Å². The van der Waals surface area contributed by atoms with Gasteiger partial charge >= 0.3 is 0 Å². The zero-order chi connectivity index (χ0) is 15.2. The Balaban J connectivity index is 2.01. The summed E-state index contributed by atoms with van der Waals surface area (Å²) < 4.78 is 7.32. The normalized spacial score (nSPS) is 23.8. The molecule has 2 unspecified atom stereocenters. The van der Waals surface area contributed by atoms with Crippen LogP contribution in [0.1, 0.15) is 26.3 Å². The van der Waals surface area contributed by atoms with Gasteiger partial charge in [0.2, 0.25) is 0 Å². The fourth-order valence-electron chi connectivity index (χ4n) is 2.98. The zero-order valence-electron chi connectivity index (χ0n) is 12.2. The molecular formula is C14H18ClN5O. The first-order valence-electron chi connectivity index (χ1n) is 6.81. The van der Waals surface area contributed by atoms with E-state index in [1.165, 1.54) is 0 Å². The van der Waals surface area contributed by atoms with Crippen molar-refractivity contribution < 1.29 is 4.74 Å². The molecule has 1 aliphatic carbocycles. The predicted octanol–water partition coefficient (Wildman–Crippen LogP) is 2.56. The molecule has 2 atom stereocenters. The van der Waals surface area contributed by atoms with Gasteiger partial charge in [0.25, 0.3) is 0 Å². The lowest BCUT2D eigenvalue weighted by Gasteiger charge is -2.50. The van der Waals surface area contributed by atoms with Gasteiger partial charge in [-0.15, -0.1) is 5.10 Å². The van der Waals surface area contributed by atoms with Crippen molar-refractivity contribution in [1.29, 1.82) is 0 Å². The van der Waals surface area contributed by atoms with Gasteiger partial charge in [0, 0.05) is 28.8 Å². The van der Waals surface area contributed by atoms with E-state index < -0.39 is 0 Å². The number of tetrazole rings is 1. The summed E-state index contributed by atoms with van der Waals surface area (Å²) in [6.07, 6.45) is 1.08. The number of halogens is 1. The van der Waals surface area contributed by atoms with Gasteiger partial charge in [0.1, 0.15) is 0 Å². The molecule has 1 heterocycles. The van der Waals surface area contributed by atoms with E-state index in [1.807, 2.05) is 4.68 Å². The van der Waals surface area contributed by atoms with Gasteiger partial charge in [0.05, 0.1) is 12.1 Å². The number of aromatic nitrogens is 4. The number of benzene rings is 1. The fourth-order valence-corrected chi connectivity index (χ4v) is 3.15. The molecule has 1 fully saturated rings. The van der Waals surface area contributed by atoms with Crippen LogP contribution in [-0.2, 0) is 4.74 Å². The molecule has 0 saturated heterocycles. The van der Waals surface area contributed by atoms with Crippen molar-refractivity contribution in [3.63, 3.8) is 0 Å². The van der Waals surface area contributed by atoms with E-state index in [-0.39, 0.29) is 17.6 Å². The standard InChI is InChI=1S/C14H18ClN5O/c1-14(2)11(7-12(14)21-3)20-13(17-18-19-20)9-6-8(15)4-5-10(9)16/h4-6,11-12H,7,16H2,1-3H3. The number of hydrogen-bond donors (Lipinski definition) is 1. The maximum atomic E-state index is 6.06. The average Bonchev–Trinajstić information content (AvgIpc) is 2.89. The Kier molecular flexibility index (Phi) is 3.37. The second-order valence-electron chi connectivity index (χ2n) is 5.98. The van der Waals surface area contributed by atoms with Crippen molar-refractivity contribution >= 4 is 17.3 Å². The number of anilines is 1. The number of rotatable bonds is 3. The Labute approximate surface area is 128 Å². The van der Waals surface area contributed by atoms with Crippen molar-refractivity contribution in [3.8, 4) is 11.4 Å². The molecule has 2 aromatic rings. The van der Waals surface area contributed by atoms with E-state index >= 15 is 0 Å². The number of ether oxygens (including phenoxy) is 1. The van der Waals surface area contributed by atoms with E-state index in [9.17, 15) is 0 Å². The third kappa shape index (κ3) is 2.18. The summed E-state index contributed by atoms with van der Waals surface area (Å²) in [4.78, 5) is 0. The molecule has 1 aromatic heterocycles. The SMILES string of the molecule is COC1CC(n2nnnc2-c2cc(Cl)ccc2N)C1(C)C. The van der Waals surface area contributed by atoms with Crippen LogP contribution in [0.15, 0.2) is 18.2 Å². The second kappa shape index (κ2) is 4.96. The topological polar surface area (TPSA) is 78.8 Å². The van der Waals surface area contributed by atoms with Gasteiger partial charge in [-0.2, -0.15) is 0 Å². The van der Waals surface area contributed by atoms with Crippen LogP contribution >= 0.6 is 11.6 Å². The van der Waals surface area contributed by atoms with Gasteiger partial charge in [-0.05, 0) is 35.0 Å². The molecule has 6 nitrogen and oxygen atoms in total. The van der Waals surface area contributed by atoms with Crippen molar-refractivity contribution in [2.24, 2.45) is 5.41 Å². The minimum atomic E-state index is -0.0355. The number of nitrogen functional groups attached to an aromatic ring is 1. The second-order valence-corrected chi connectivity index (χ2v) is 6.41. The number of hydrogen-bond acceptors (Lipinski definition) is 5. The molecule has 0 aliphatic heterocycles. The van der Waals surface area contributed by atoms with E-state index in [1.54, 1.807) is 25.3 Å². The van der Waals surface area contributed by atoms with E-state index in [0.29, 0.717) is 16.5 Å². The molecule has 0 bridgehead atoms. The van der Waals surface area contributed by atoms with Crippen molar-refractivity contribution in [2.45, 2.75) is 32.4 Å². The number of methoxy groups -OCH3 is 1. The van der Waals surface area contributed by atoms with Crippen LogP contribution in [-0.4, -0.2) is 33.4 Å². The van der Waals surface area contributed by atoms with Gasteiger partial charge in [-0.1, -0.05) is 25.4 Å². The number of nitrogens with zero attached hydrogens (tertiary/aromatic N) is 4. The Bertz CT molecular complexity index is 669. The lowest BCUT2D eigenvalue weighted by molar-refractivity contribution is -0.116. The summed E-state index contributed by atoms with van der Waals surface area (Å²) in [5.74, 6) is 0.641. The van der Waals surface area contributed by atoms with Crippen LogP contribution in [0.2, 0.25) is 5.02 Å². The fraction of sp³-hybridized carbons (Fsp3) is 0.500. The molecule has 21 heavy (non-hydrogen) atoms. The Morgan fingerprint density at radius 3 is 2.86 bits per heavy atom. The molecule has 1 aliphatic rings. The summed E-state index contributed by atoms with van der Waals surface area (Å²) in [6.45, 7) is 4.31. The van der Waals surface area contributed by atoms with Gasteiger partial charge in [0.15, 0.2) is 5.82 Å². The highest BCUT2D eigenvalue weighted by Gasteiger charge is 2.51. The van der Waals surface area contributed by atoms with Crippen LogP contribution in [0, 0.1) is 5.41 Å². The molecular weight excluding hydrogens is 290 g/mol. The Hall–Kier alpha value is -1.66. The van der Waals surface area contributed by atoms with E-state index in [4.69, 9.17) is 22.1 Å². The minimum absolute atomic E-state index is 0.0355. The summed E-state index contributed by atoms with van der Waals surface area (Å²) in [5.41, 5.74) is 7.36. The molecule has 0 radical (unpaired) electrons. The highest BCUT2D eigenvalue weighted by atomic mass is 35.5. The first-order valence-corrected chi connectivity index (χ1v) is 7.19. The Morgan fingerprint density at radius 2 is 2.19 bits per heavy atom. The summed E-state index contributed by atoms with van der Waals surface area (Å²) in [6, 6.07) is 5.48. The van der Waals surface area contributed by atoms with E-state index in [0.717, 1.165) is 12.0 Å². The maximum absolute atomic E-state index is 6.06. The van der Waals surface area contributed by atoms with Crippen LogP contribution in [0.5, 0.6) is 0 Å². The quantitative estimate of drug-likeness (QED) is 0.882. The Morgan fingerprint density at radius 1 is 1.43 bits per heavy atom. The first-order chi connectivity index (χ1) is 9.95. The lowest BCUT2D eigenvalue weighted by atomic mass is 9.64. The average molecular weight is 308 g/mol. The predicted molar refractivity (Wildman–Crippen MR) is 80.9 cm³/mol. The van der Waals surface area contributed by atoms with Crippen LogP contribution in [0.25, 0.3) is 11.4 Å². The maximum Gasteiger partial charge on any atom is 0.184 e. The molecule has 0 amide bonds. The van der Waals surface area contributed by atoms with Crippen LogP contribution in [0.4, 0.5) is 5.69 Å². The van der Waals surface area contributed by atoms with Crippen molar-refractivity contribution in [2.75, 3.05) is 12.8 Å². The molecule has 112 valence electrons. The molecule has 1 aromatic carbocycles. The largest absolute Gasteiger partial charge is 0.398 e. The smallest absolute Gasteiger partial charge is 0.184 e. The van der Waals surface area contributed by atoms with Crippen LogP contribution in [0.3, 0.4) is 0 Å². The summed E-state index contributed by atoms with van der Waals surface area (Å²) in [7, 11) is 1.73. The third-order valence-electron chi connectivity index (χ3n) is 4.45. The van der Waals surface area contributed by atoms with E-state index in [2.05, 4.69) is 29.4 Å². The van der Waals surface area contributed by atoms with Gasteiger partial charge in [-0.25, -0.2) is 4.68 Å². The van der Waals surface area contributed by atoms with Crippen LogP contribution < -0.4 is 5.73 Å². The molecule has 2 N–H and O–H groups in total. The third-order valence-corrected chi connectivity index (χ3v) is 4.69. The summed E-state index contributed by atoms with van der Waals surface area (Å²) in [5, 5.41) is 12.7. The van der Waals surface area contributed by atoms with Crippen molar-refractivity contribution in [3.05, 3.63) is 23.2 Å². The highest BCUT2D eigenvalue weighted by Crippen LogP contribution is 2.51. The first kappa shape index (κ1) is 14.3. The van der Waals surface area contributed by atoms with Crippen molar-refractivity contribution in [1.82, 2.24) is 20.2 Å². The molecule has 1 saturated carbocycles. The van der Waals surface area contributed by atoms with Gasteiger partial charge in [-0.3, -0.25) is 0 Å².